The van der Waals surface area contributed by atoms with Gasteiger partial charge in [0.05, 0.1) is 0 Å². The smallest absolute Gasteiger partial charge is 0.161 e. The zero-order chi connectivity index (χ0) is 10.8. The summed E-state index contributed by atoms with van der Waals surface area (Å²) in [5.41, 5.74) is 0. The van der Waals surface area contributed by atoms with Crippen LogP contribution in [0.1, 0.15) is 52.9 Å². The standard InChI is InChI=1S/C12H24O2/c1-4-6-7-8-9-14-10-12(13)11(3)5-2/h11H,4-10H2,1-3H3. The number of rotatable bonds is 9. The second-order valence-corrected chi connectivity index (χ2v) is 3.89. The van der Waals surface area contributed by atoms with Gasteiger partial charge in [-0.05, 0) is 12.8 Å². The lowest BCUT2D eigenvalue weighted by Gasteiger charge is -2.07. The van der Waals surface area contributed by atoms with Crippen molar-refractivity contribution in [3.63, 3.8) is 0 Å². The predicted molar refractivity (Wildman–Crippen MR) is 59.4 cm³/mol. The number of unbranched alkanes of at least 4 members (excludes halogenated alkanes) is 3. The van der Waals surface area contributed by atoms with Crippen molar-refractivity contribution in [2.24, 2.45) is 5.92 Å². The van der Waals surface area contributed by atoms with E-state index >= 15 is 0 Å². The summed E-state index contributed by atoms with van der Waals surface area (Å²) in [4.78, 5) is 11.3. The van der Waals surface area contributed by atoms with Gasteiger partial charge in [-0.2, -0.15) is 0 Å². The van der Waals surface area contributed by atoms with Crippen molar-refractivity contribution in [2.75, 3.05) is 13.2 Å². The largest absolute Gasteiger partial charge is 0.374 e. The summed E-state index contributed by atoms with van der Waals surface area (Å²) < 4.78 is 5.32. The fourth-order valence-electron chi connectivity index (χ4n) is 1.17. The Hall–Kier alpha value is -0.370. The summed E-state index contributed by atoms with van der Waals surface area (Å²) >= 11 is 0. The number of carbonyl (C=O) groups is 1. The fourth-order valence-corrected chi connectivity index (χ4v) is 1.17. The Morgan fingerprint density at radius 3 is 2.50 bits per heavy atom. The molecule has 0 heterocycles. The summed E-state index contributed by atoms with van der Waals surface area (Å²) in [7, 11) is 0. The third-order valence-corrected chi connectivity index (χ3v) is 2.55. The van der Waals surface area contributed by atoms with Crippen LogP contribution in [0.25, 0.3) is 0 Å². The van der Waals surface area contributed by atoms with Crippen LogP contribution in [0, 0.1) is 5.92 Å². The molecule has 1 unspecified atom stereocenters. The van der Waals surface area contributed by atoms with E-state index in [9.17, 15) is 4.79 Å². The van der Waals surface area contributed by atoms with Crippen molar-refractivity contribution in [2.45, 2.75) is 52.9 Å². The zero-order valence-electron chi connectivity index (χ0n) is 9.84. The summed E-state index contributed by atoms with van der Waals surface area (Å²) in [6.45, 7) is 7.23. The first-order valence-electron chi connectivity index (χ1n) is 5.82. The molecule has 14 heavy (non-hydrogen) atoms. The molecule has 2 heteroatoms. The topological polar surface area (TPSA) is 26.3 Å². The average Bonchev–Trinajstić information content (AvgIpc) is 2.21. The molecule has 0 saturated carbocycles. The molecule has 0 aliphatic carbocycles. The van der Waals surface area contributed by atoms with Gasteiger partial charge in [0, 0.05) is 12.5 Å². The van der Waals surface area contributed by atoms with Crippen LogP contribution in [0.15, 0.2) is 0 Å². The summed E-state index contributed by atoms with van der Waals surface area (Å²) in [6.07, 6.45) is 5.72. The number of ether oxygens (including phenoxy) is 1. The molecular formula is C12H24O2. The van der Waals surface area contributed by atoms with Crippen LogP contribution >= 0.6 is 0 Å². The predicted octanol–water partition coefficient (Wildman–Crippen LogP) is 3.20. The van der Waals surface area contributed by atoms with Gasteiger partial charge in [0.2, 0.25) is 0 Å². The molecular weight excluding hydrogens is 176 g/mol. The molecule has 0 rings (SSSR count). The molecule has 1 atom stereocenters. The fraction of sp³-hybridized carbons (Fsp3) is 0.917. The Bertz CT molecular complexity index is 143. The maximum Gasteiger partial charge on any atom is 0.161 e. The van der Waals surface area contributed by atoms with E-state index in [1.807, 2.05) is 13.8 Å². The molecule has 84 valence electrons. The van der Waals surface area contributed by atoms with Crippen LogP contribution in [0.3, 0.4) is 0 Å². The van der Waals surface area contributed by atoms with E-state index in [-0.39, 0.29) is 11.7 Å². The molecule has 0 bridgehead atoms. The van der Waals surface area contributed by atoms with Crippen LogP contribution in [-0.2, 0) is 9.53 Å². The van der Waals surface area contributed by atoms with Gasteiger partial charge in [-0.15, -0.1) is 0 Å². The highest BCUT2D eigenvalue weighted by molar-refractivity contribution is 5.81. The molecule has 0 aliphatic heterocycles. The minimum absolute atomic E-state index is 0.158. The van der Waals surface area contributed by atoms with Crippen molar-refractivity contribution >= 4 is 5.78 Å². The van der Waals surface area contributed by atoms with Gasteiger partial charge in [-0.25, -0.2) is 0 Å². The molecule has 0 saturated heterocycles. The first kappa shape index (κ1) is 13.6. The third-order valence-electron chi connectivity index (χ3n) is 2.55. The second-order valence-electron chi connectivity index (χ2n) is 3.89. The van der Waals surface area contributed by atoms with Crippen LogP contribution < -0.4 is 0 Å². The van der Waals surface area contributed by atoms with E-state index < -0.39 is 0 Å². The highest BCUT2D eigenvalue weighted by Gasteiger charge is 2.09. The molecule has 0 fully saturated rings. The monoisotopic (exact) mass is 200 g/mol. The highest BCUT2D eigenvalue weighted by Crippen LogP contribution is 2.03. The van der Waals surface area contributed by atoms with Gasteiger partial charge >= 0.3 is 0 Å². The minimum atomic E-state index is 0.158. The second kappa shape index (κ2) is 9.20. The Morgan fingerprint density at radius 2 is 1.93 bits per heavy atom. The van der Waals surface area contributed by atoms with Crippen molar-refractivity contribution in [1.82, 2.24) is 0 Å². The first-order chi connectivity index (χ1) is 6.72. The van der Waals surface area contributed by atoms with Crippen molar-refractivity contribution < 1.29 is 9.53 Å². The Morgan fingerprint density at radius 1 is 1.21 bits per heavy atom. The lowest BCUT2D eigenvalue weighted by atomic mass is 10.1. The number of hydrogen-bond acceptors (Lipinski definition) is 2. The van der Waals surface area contributed by atoms with Gasteiger partial charge in [-0.3, -0.25) is 4.79 Å². The van der Waals surface area contributed by atoms with Gasteiger partial charge in [0.15, 0.2) is 5.78 Å². The SMILES string of the molecule is CCCCCCOCC(=O)C(C)CC. The molecule has 0 N–H and O–H groups in total. The van der Waals surface area contributed by atoms with E-state index in [4.69, 9.17) is 4.74 Å². The molecule has 0 aromatic heterocycles. The maximum absolute atomic E-state index is 11.3. The van der Waals surface area contributed by atoms with E-state index in [2.05, 4.69) is 6.92 Å². The van der Waals surface area contributed by atoms with Gasteiger partial charge in [0.1, 0.15) is 6.61 Å². The van der Waals surface area contributed by atoms with Gasteiger partial charge in [-0.1, -0.05) is 40.0 Å². The van der Waals surface area contributed by atoms with Gasteiger partial charge in [0.25, 0.3) is 0 Å². The van der Waals surface area contributed by atoms with Crippen LogP contribution in [0.4, 0.5) is 0 Å². The van der Waals surface area contributed by atoms with Crippen molar-refractivity contribution in [3.8, 4) is 0 Å². The summed E-state index contributed by atoms with van der Waals surface area (Å²) in [5.74, 6) is 0.397. The van der Waals surface area contributed by atoms with E-state index in [0.717, 1.165) is 19.4 Å². The molecule has 0 amide bonds. The molecule has 0 aliphatic rings. The van der Waals surface area contributed by atoms with Crippen LogP contribution in [0.5, 0.6) is 0 Å². The maximum atomic E-state index is 11.3. The summed E-state index contributed by atoms with van der Waals surface area (Å²) in [5, 5.41) is 0. The number of hydrogen-bond donors (Lipinski definition) is 0. The Kier molecular flexibility index (Phi) is 8.95. The number of Topliss-reactive ketones (excluding diaryl/α,β-unsaturated/α-hetero) is 1. The number of carbonyl (C=O) groups excluding carboxylic acids is 1. The normalized spacial score (nSPS) is 12.8. The lowest BCUT2D eigenvalue weighted by Crippen LogP contribution is -2.17. The van der Waals surface area contributed by atoms with E-state index in [1.54, 1.807) is 0 Å². The molecule has 0 aromatic rings. The quantitative estimate of drug-likeness (QED) is 0.534. The molecule has 0 radical (unpaired) electrons. The molecule has 0 spiro atoms. The molecule has 2 nitrogen and oxygen atoms in total. The zero-order valence-corrected chi connectivity index (χ0v) is 9.84. The van der Waals surface area contributed by atoms with Crippen molar-refractivity contribution in [3.05, 3.63) is 0 Å². The molecule has 0 aromatic carbocycles. The van der Waals surface area contributed by atoms with E-state index in [0.29, 0.717) is 6.61 Å². The number of ketones is 1. The average molecular weight is 200 g/mol. The van der Waals surface area contributed by atoms with Crippen LogP contribution in [-0.4, -0.2) is 19.0 Å². The van der Waals surface area contributed by atoms with E-state index in [1.165, 1.54) is 19.3 Å². The lowest BCUT2D eigenvalue weighted by molar-refractivity contribution is -0.127. The first-order valence-corrected chi connectivity index (χ1v) is 5.82. The highest BCUT2D eigenvalue weighted by atomic mass is 16.5. The Labute approximate surface area is 88.0 Å². The minimum Gasteiger partial charge on any atom is -0.374 e. The van der Waals surface area contributed by atoms with Gasteiger partial charge < -0.3 is 4.74 Å². The van der Waals surface area contributed by atoms with Crippen molar-refractivity contribution in [1.29, 1.82) is 0 Å². The third kappa shape index (κ3) is 7.07. The summed E-state index contributed by atoms with van der Waals surface area (Å²) in [6, 6.07) is 0. The Balaban J connectivity index is 3.23. The van der Waals surface area contributed by atoms with Crippen LogP contribution in [0.2, 0.25) is 0 Å².